The molecule has 0 aliphatic carbocycles. The largest absolute Gasteiger partial charge is 0.350 e. The number of thiazole rings is 1. The first-order valence-corrected chi connectivity index (χ1v) is 11.1. The number of amides is 2. The number of carbonyl (C=O) groups is 2. The summed E-state index contributed by atoms with van der Waals surface area (Å²) in [5, 5.41) is 4.43. The van der Waals surface area contributed by atoms with Gasteiger partial charge in [0.15, 0.2) is 5.13 Å². The molecule has 1 unspecified atom stereocenters. The Morgan fingerprint density at radius 2 is 1.81 bits per heavy atom. The molecule has 5 rings (SSSR count). The van der Waals surface area contributed by atoms with E-state index in [0.717, 1.165) is 38.2 Å². The van der Waals surface area contributed by atoms with Crippen molar-refractivity contribution in [3.8, 4) is 11.3 Å². The van der Waals surface area contributed by atoms with E-state index in [1.165, 1.54) is 18.3 Å². The first kappa shape index (κ1) is 20.2. The van der Waals surface area contributed by atoms with Crippen LogP contribution >= 0.6 is 11.3 Å². The lowest BCUT2D eigenvalue weighted by molar-refractivity contribution is -0.127. The SMILES string of the molecule is CC(=O)Nc1nc(-c2cn(C)c3ccccc23)c(C2c3ccccc3C=CN2C(C)=O)s1. The quantitative estimate of drug-likeness (QED) is 0.475. The first-order chi connectivity index (χ1) is 15.4. The highest BCUT2D eigenvalue weighted by molar-refractivity contribution is 7.16. The van der Waals surface area contributed by atoms with Gasteiger partial charge in [0.1, 0.15) is 0 Å². The van der Waals surface area contributed by atoms with Gasteiger partial charge in [0.05, 0.1) is 16.6 Å². The van der Waals surface area contributed by atoms with E-state index in [9.17, 15) is 9.59 Å². The molecule has 1 aliphatic rings. The first-order valence-electron chi connectivity index (χ1n) is 10.3. The number of hydrogen-bond donors (Lipinski definition) is 1. The number of rotatable bonds is 3. The van der Waals surface area contributed by atoms with Crippen LogP contribution in [0.25, 0.3) is 28.2 Å². The molecule has 0 fully saturated rings. The molecule has 6 nitrogen and oxygen atoms in total. The molecule has 1 N–H and O–H groups in total. The Balaban J connectivity index is 1.78. The summed E-state index contributed by atoms with van der Waals surface area (Å²) in [6, 6.07) is 15.9. The van der Waals surface area contributed by atoms with Gasteiger partial charge in [0, 0.05) is 49.8 Å². The number of hydrogen-bond acceptors (Lipinski definition) is 4. The maximum absolute atomic E-state index is 12.6. The van der Waals surface area contributed by atoms with Gasteiger partial charge in [-0.3, -0.25) is 9.59 Å². The highest BCUT2D eigenvalue weighted by Crippen LogP contribution is 2.45. The molecule has 1 aliphatic heterocycles. The van der Waals surface area contributed by atoms with Crippen LogP contribution < -0.4 is 5.32 Å². The van der Waals surface area contributed by atoms with Gasteiger partial charge >= 0.3 is 0 Å². The van der Waals surface area contributed by atoms with Gasteiger partial charge in [-0.05, 0) is 23.3 Å². The molecule has 2 aromatic carbocycles. The molecule has 1 atom stereocenters. The monoisotopic (exact) mass is 442 g/mol. The van der Waals surface area contributed by atoms with Gasteiger partial charge in [0.2, 0.25) is 11.8 Å². The molecule has 0 spiro atoms. The second kappa shape index (κ2) is 7.76. The van der Waals surface area contributed by atoms with E-state index in [1.54, 1.807) is 11.8 Å². The van der Waals surface area contributed by atoms with E-state index in [0.29, 0.717) is 5.13 Å². The van der Waals surface area contributed by atoms with Crippen LogP contribution in [-0.2, 0) is 16.6 Å². The molecule has 0 bridgehead atoms. The van der Waals surface area contributed by atoms with Crippen LogP contribution in [0.3, 0.4) is 0 Å². The number of anilines is 1. The third-order valence-electron chi connectivity index (χ3n) is 5.68. The van der Waals surface area contributed by atoms with Crippen molar-refractivity contribution in [1.82, 2.24) is 14.5 Å². The van der Waals surface area contributed by atoms with Gasteiger partial charge in [-0.25, -0.2) is 4.98 Å². The average Bonchev–Trinajstić information content (AvgIpc) is 3.33. The van der Waals surface area contributed by atoms with E-state index >= 15 is 0 Å². The van der Waals surface area contributed by atoms with Crippen LogP contribution in [0.1, 0.15) is 35.9 Å². The topological polar surface area (TPSA) is 67.2 Å². The number of carbonyl (C=O) groups excluding carboxylic acids is 2. The summed E-state index contributed by atoms with van der Waals surface area (Å²) in [7, 11) is 2.01. The summed E-state index contributed by atoms with van der Waals surface area (Å²) >= 11 is 1.41. The van der Waals surface area contributed by atoms with Crippen molar-refractivity contribution >= 4 is 45.3 Å². The zero-order chi connectivity index (χ0) is 22.4. The Morgan fingerprint density at radius 3 is 2.59 bits per heavy atom. The zero-order valence-corrected chi connectivity index (χ0v) is 18.8. The Labute approximate surface area is 189 Å². The Morgan fingerprint density at radius 1 is 1.06 bits per heavy atom. The molecular weight excluding hydrogens is 420 g/mol. The Kier molecular flexibility index (Phi) is 4.90. The van der Waals surface area contributed by atoms with Crippen LogP contribution in [0.2, 0.25) is 0 Å². The molecule has 7 heteroatoms. The third-order valence-corrected chi connectivity index (χ3v) is 6.71. The summed E-state index contributed by atoms with van der Waals surface area (Å²) in [4.78, 5) is 31.9. The minimum Gasteiger partial charge on any atom is -0.350 e. The van der Waals surface area contributed by atoms with E-state index in [1.807, 2.05) is 55.7 Å². The van der Waals surface area contributed by atoms with Crippen LogP contribution in [0.4, 0.5) is 5.13 Å². The van der Waals surface area contributed by atoms with Crippen LogP contribution in [0, 0.1) is 0 Å². The number of benzene rings is 2. The van der Waals surface area contributed by atoms with E-state index in [2.05, 4.69) is 28.2 Å². The van der Waals surface area contributed by atoms with E-state index in [-0.39, 0.29) is 17.9 Å². The molecule has 0 radical (unpaired) electrons. The molecule has 32 heavy (non-hydrogen) atoms. The van der Waals surface area contributed by atoms with Gasteiger partial charge in [0.25, 0.3) is 0 Å². The van der Waals surface area contributed by atoms with Crippen LogP contribution in [-0.4, -0.2) is 26.3 Å². The van der Waals surface area contributed by atoms with Gasteiger partial charge < -0.3 is 14.8 Å². The number of para-hydroxylation sites is 1. The predicted molar refractivity (Wildman–Crippen MR) is 128 cm³/mol. The highest BCUT2D eigenvalue weighted by Gasteiger charge is 2.33. The average molecular weight is 443 g/mol. The third kappa shape index (κ3) is 3.31. The summed E-state index contributed by atoms with van der Waals surface area (Å²) in [6.45, 7) is 3.04. The van der Waals surface area contributed by atoms with Crippen LogP contribution in [0.5, 0.6) is 0 Å². The molecule has 2 amide bonds. The van der Waals surface area contributed by atoms with Crippen molar-refractivity contribution in [2.24, 2.45) is 7.05 Å². The van der Waals surface area contributed by atoms with E-state index in [4.69, 9.17) is 4.98 Å². The van der Waals surface area contributed by atoms with Crippen molar-refractivity contribution in [2.45, 2.75) is 19.9 Å². The lowest BCUT2D eigenvalue weighted by atomic mass is 9.93. The van der Waals surface area contributed by atoms with Crippen molar-refractivity contribution in [1.29, 1.82) is 0 Å². The number of nitrogens with one attached hydrogen (secondary N) is 1. The lowest BCUT2D eigenvalue weighted by Crippen LogP contribution is -2.31. The summed E-state index contributed by atoms with van der Waals surface area (Å²) in [6.07, 6.45) is 5.85. The summed E-state index contributed by atoms with van der Waals surface area (Å²) in [5.74, 6) is -0.235. The lowest BCUT2D eigenvalue weighted by Gasteiger charge is -2.32. The van der Waals surface area contributed by atoms with Crippen molar-refractivity contribution < 1.29 is 9.59 Å². The van der Waals surface area contributed by atoms with E-state index < -0.39 is 0 Å². The number of nitrogens with zero attached hydrogens (tertiary/aromatic N) is 3. The fraction of sp³-hybridized carbons (Fsp3) is 0.160. The smallest absolute Gasteiger partial charge is 0.224 e. The molecule has 4 aromatic rings. The predicted octanol–water partition coefficient (Wildman–Crippen LogP) is 5.18. The van der Waals surface area contributed by atoms with Gasteiger partial charge in [-0.15, -0.1) is 0 Å². The zero-order valence-electron chi connectivity index (χ0n) is 18.0. The second-order valence-corrected chi connectivity index (χ2v) is 8.89. The van der Waals surface area contributed by atoms with Crippen molar-refractivity contribution in [3.63, 3.8) is 0 Å². The molecule has 0 saturated heterocycles. The minimum atomic E-state index is -0.331. The maximum Gasteiger partial charge on any atom is 0.224 e. The van der Waals surface area contributed by atoms with Gasteiger partial charge in [-0.1, -0.05) is 53.8 Å². The van der Waals surface area contributed by atoms with Crippen molar-refractivity contribution in [2.75, 3.05) is 5.32 Å². The summed E-state index contributed by atoms with van der Waals surface area (Å²) < 4.78 is 2.07. The molecular formula is C25H22N4O2S. The Bertz CT molecular complexity index is 1400. The highest BCUT2D eigenvalue weighted by atomic mass is 32.1. The molecule has 3 heterocycles. The minimum absolute atomic E-state index is 0.0564. The fourth-order valence-corrected chi connectivity index (χ4v) is 5.45. The second-order valence-electron chi connectivity index (χ2n) is 7.86. The normalized spacial score (nSPS) is 15.1. The molecule has 0 saturated carbocycles. The number of aromatic nitrogens is 2. The standard InChI is InChI=1S/C25H22N4O2S/c1-15(30)26-25-27-22(20-14-28(3)21-11-7-6-10-19(20)21)24(32-25)23-18-9-5-4-8-17(18)12-13-29(23)16(2)31/h4-14,23H,1-3H3,(H,26,27,30). The maximum atomic E-state index is 12.6. The summed E-state index contributed by atoms with van der Waals surface area (Å²) in [5.41, 5.74) is 4.94. The van der Waals surface area contributed by atoms with Crippen LogP contribution in [0.15, 0.2) is 60.9 Å². The molecule has 160 valence electrons. The number of fused-ring (bicyclic) bond motifs is 2. The Hall–Kier alpha value is -3.71. The fourth-order valence-electron chi connectivity index (χ4n) is 4.31. The van der Waals surface area contributed by atoms with Crippen molar-refractivity contribution in [3.05, 3.63) is 76.9 Å². The van der Waals surface area contributed by atoms with Gasteiger partial charge in [-0.2, -0.15) is 0 Å². The number of aryl methyl sites for hydroxylation is 1. The molecule has 2 aromatic heterocycles.